The van der Waals surface area contributed by atoms with E-state index in [9.17, 15) is 14.7 Å². The van der Waals surface area contributed by atoms with E-state index in [0.717, 1.165) is 25.7 Å². The molecule has 1 aliphatic carbocycles. The number of aliphatic carboxylic acids is 1. The smallest absolute Gasteiger partial charge is 0.326 e. The van der Waals surface area contributed by atoms with Gasteiger partial charge in [-0.1, -0.05) is 13.0 Å². The maximum Gasteiger partial charge on any atom is 0.326 e. The van der Waals surface area contributed by atoms with Gasteiger partial charge in [0.2, 0.25) is 0 Å². The molecule has 1 heterocycles. The number of benzene rings is 1. The van der Waals surface area contributed by atoms with Crippen LogP contribution in [0, 0.1) is 5.92 Å². The molecule has 0 radical (unpaired) electrons. The molecule has 4 nitrogen and oxygen atoms in total. The first kappa shape index (κ1) is 13.2. The monoisotopic (exact) mass is 273 g/mol. The van der Waals surface area contributed by atoms with Crippen LogP contribution >= 0.6 is 0 Å². The van der Waals surface area contributed by atoms with Gasteiger partial charge in [0.25, 0.3) is 5.91 Å². The number of carbonyl (C=O) groups excluding carboxylic acids is 1. The van der Waals surface area contributed by atoms with Crippen molar-refractivity contribution in [3.05, 3.63) is 34.9 Å². The Morgan fingerprint density at radius 1 is 1.25 bits per heavy atom. The Morgan fingerprint density at radius 2 is 2.00 bits per heavy atom. The second-order valence-corrected chi connectivity index (χ2v) is 5.88. The Bertz CT molecular complexity index is 567. The van der Waals surface area contributed by atoms with Crippen LogP contribution in [0.25, 0.3) is 0 Å². The minimum absolute atomic E-state index is 0.0193. The molecule has 1 aliphatic heterocycles. The number of aryl methyl sites for hydroxylation is 2. The number of carbonyl (C=O) groups is 2. The minimum atomic E-state index is -0.899. The summed E-state index contributed by atoms with van der Waals surface area (Å²) >= 11 is 0. The summed E-state index contributed by atoms with van der Waals surface area (Å²) < 4.78 is 0. The van der Waals surface area contributed by atoms with Gasteiger partial charge in [0, 0.05) is 12.1 Å². The first-order valence-electron chi connectivity index (χ1n) is 7.23. The van der Waals surface area contributed by atoms with Crippen LogP contribution in [0.2, 0.25) is 0 Å². The van der Waals surface area contributed by atoms with Crippen molar-refractivity contribution in [2.24, 2.45) is 5.92 Å². The molecule has 3 rings (SSSR count). The normalized spacial score (nSPS) is 24.8. The molecule has 20 heavy (non-hydrogen) atoms. The summed E-state index contributed by atoms with van der Waals surface area (Å²) in [5.74, 6) is -1.02. The molecule has 2 unspecified atom stereocenters. The number of likely N-dealkylation sites (tertiary alicyclic amines) is 1. The van der Waals surface area contributed by atoms with Crippen molar-refractivity contribution >= 4 is 11.9 Å². The zero-order chi connectivity index (χ0) is 14.3. The van der Waals surface area contributed by atoms with Gasteiger partial charge in [-0.15, -0.1) is 0 Å². The fourth-order valence-corrected chi connectivity index (χ4v) is 3.42. The molecular formula is C16H19NO3. The summed E-state index contributed by atoms with van der Waals surface area (Å²) in [6.45, 7) is 2.43. The fourth-order valence-electron chi connectivity index (χ4n) is 3.42. The van der Waals surface area contributed by atoms with Gasteiger partial charge in [-0.25, -0.2) is 4.79 Å². The molecule has 106 valence electrons. The topological polar surface area (TPSA) is 57.6 Å². The van der Waals surface area contributed by atoms with Gasteiger partial charge in [0.15, 0.2) is 0 Å². The van der Waals surface area contributed by atoms with E-state index in [2.05, 4.69) is 0 Å². The van der Waals surface area contributed by atoms with Crippen LogP contribution in [-0.4, -0.2) is 34.5 Å². The van der Waals surface area contributed by atoms with Crippen molar-refractivity contribution in [2.45, 2.75) is 38.6 Å². The van der Waals surface area contributed by atoms with Crippen LogP contribution in [-0.2, 0) is 17.6 Å². The number of amides is 1. The molecule has 1 fully saturated rings. The molecule has 4 heteroatoms. The number of hydrogen-bond donors (Lipinski definition) is 1. The van der Waals surface area contributed by atoms with Crippen molar-refractivity contribution in [3.63, 3.8) is 0 Å². The first-order chi connectivity index (χ1) is 9.58. The lowest BCUT2D eigenvalue weighted by Crippen LogP contribution is -2.42. The van der Waals surface area contributed by atoms with Gasteiger partial charge in [-0.2, -0.15) is 0 Å². The summed E-state index contributed by atoms with van der Waals surface area (Å²) in [6, 6.07) is 5.13. The Hall–Kier alpha value is -1.84. The van der Waals surface area contributed by atoms with Crippen molar-refractivity contribution < 1.29 is 14.7 Å². The zero-order valence-electron chi connectivity index (χ0n) is 11.6. The number of carboxylic acid groups (broad SMARTS) is 1. The number of fused-ring (bicyclic) bond motifs is 1. The van der Waals surface area contributed by atoms with Gasteiger partial charge in [-0.05, 0) is 54.9 Å². The second-order valence-electron chi connectivity index (χ2n) is 5.88. The highest BCUT2D eigenvalue weighted by Gasteiger charge is 2.39. The van der Waals surface area contributed by atoms with Gasteiger partial charge in [0.1, 0.15) is 6.04 Å². The van der Waals surface area contributed by atoms with E-state index >= 15 is 0 Å². The maximum absolute atomic E-state index is 12.6. The van der Waals surface area contributed by atoms with E-state index in [0.29, 0.717) is 12.1 Å². The minimum Gasteiger partial charge on any atom is -0.480 e. The van der Waals surface area contributed by atoms with Crippen LogP contribution in [0.5, 0.6) is 0 Å². The van der Waals surface area contributed by atoms with Gasteiger partial charge in [-0.3, -0.25) is 4.79 Å². The first-order valence-corrected chi connectivity index (χ1v) is 7.23. The second kappa shape index (κ2) is 4.93. The molecule has 1 aromatic rings. The molecule has 1 amide bonds. The number of hydrogen-bond acceptors (Lipinski definition) is 2. The third-order valence-electron chi connectivity index (χ3n) is 4.56. The Kier molecular flexibility index (Phi) is 3.24. The van der Waals surface area contributed by atoms with Crippen LogP contribution in [0.1, 0.15) is 41.3 Å². The van der Waals surface area contributed by atoms with E-state index in [-0.39, 0.29) is 11.8 Å². The van der Waals surface area contributed by atoms with Crippen molar-refractivity contribution in [1.82, 2.24) is 4.90 Å². The van der Waals surface area contributed by atoms with Crippen LogP contribution in [0.4, 0.5) is 0 Å². The highest BCUT2D eigenvalue weighted by molar-refractivity contribution is 5.97. The average Bonchev–Trinajstić information content (AvgIpc) is 3.02. The highest BCUT2D eigenvalue weighted by atomic mass is 16.4. The third-order valence-corrected chi connectivity index (χ3v) is 4.56. The van der Waals surface area contributed by atoms with E-state index in [1.165, 1.54) is 16.0 Å². The van der Waals surface area contributed by atoms with Crippen molar-refractivity contribution in [2.75, 3.05) is 6.54 Å². The Balaban J connectivity index is 1.87. The summed E-state index contributed by atoms with van der Waals surface area (Å²) in [4.78, 5) is 25.4. The molecule has 0 bridgehead atoms. The fraction of sp³-hybridized carbons (Fsp3) is 0.500. The third kappa shape index (κ3) is 2.09. The van der Waals surface area contributed by atoms with E-state index in [1.54, 1.807) is 0 Å². The van der Waals surface area contributed by atoms with E-state index < -0.39 is 12.0 Å². The maximum atomic E-state index is 12.6. The molecule has 0 spiro atoms. The van der Waals surface area contributed by atoms with Crippen LogP contribution < -0.4 is 0 Å². The zero-order valence-corrected chi connectivity index (χ0v) is 11.6. The van der Waals surface area contributed by atoms with E-state index in [1.807, 2.05) is 25.1 Å². The lowest BCUT2D eigenvalue weighted by atomic mass is 10.0. The summed E-state index contributed by atoms with van der Waals surface area (Å²) in [7, 11) is 0. The SMILES string of the molecule is CC1CCN(C(=O)c2ccc3c(c2)CCC3)C1C(=O)O. The Labute approximate surface area is 118 Å². The quantitative estimate of drug-likeness (QED) is 0.898. The predicted octanol–water partition coefficient (Wildman–Crippen LogP) is 2.11. The molecule has 0 aromatic heterocycles. The molecule has 2 atom stereocenters. The standard InChI is InChI=1S/C16H19NO3/c1-10-7-8-17(14(10)16(19)20)15(18)13-6-5-11-3-2-4-12(11)9-13/h5-6,9-10,14H,2-4,7-8H2,1H3,(H,19,20). The molecule has 1 N–H and O–H groups in total. The number of carboxylic acids is 1. The largest absolute Gasteiger partial charge is 0.480 e. The molecular weight excluding hydrogens is 254 g/mol. The lowest BCUT2D eigenvalue weighted by Gasteiger charge is -2.23. The lowest BCUT2D eigenvalue weighted by molar-refractivity contribution is -0.142. The average molecular weight is 273 g/mol. The van der Waals surface area contributed by atoms with Crippen molar-refractivity contribution in [3.8, 4) is 0 Å². The number of rotatable bonds is 2. The van der Waals surface area contributed by atoms with Gasteiger partial charge >= 0.3 is 5.97 Å². The highest BCUT2D eigenvalue weighted by Crippen LogP contribution is 2.28. The summed E-state index contributed by atoms with van der Waals surface area (Å²) in [5.41, 5.74) is 3.20. The van der Waals surface area contributed by atoms with Crippen molar-refractivity contribution in [1.29, 1.82) is 0 Å². The number of nitrogens with zero attached hydrogens (tertiary/aromatic N) is 1. The van der Waals surface area contributed by atoms with E-state index in [4.69, 9.17) is 0 Å². The van der Waals surface area contributed by atoms with Crippen LogP contribution in [0.15, 0.2) is 18.2 Å². The summed E-state index contributed by atoms with van der Waals surface area (Å²) in [6.07, 6.45) is 4.01. The van der Waals surface area contributed by atoms with Gasteiger partial charge in [0.05, 0.1) is 0 Å². The molecule has 1 saturated heterocycles. The molecule has 1 aromatic carbocycles. The van der Waals surface area contributed by atoms with Gasteiger partial charge < -0.3 is 10.0 Å². The predicted molar refractivity (Wildman–Crippen MR) is 74.7 cm³/mol. The molecule has 2 aliphatic rings. The van der Waals surface area contributed by atoms with Crippen LogP contribution in [0.3, 0.4) is 0 Å². The summed E-state index contributed by atoms with van der Waals surface area (Å²) in [5, 5.41) is 9.31. The Morgan fingerprint density at radius 3 is 2.75 bits per heavy atom. The molecule has 0 saturated carbocycles.